The summed E-state index contributed by atoms with van der Waals surface area (Å²) in [5, 5.41) is 11.9. The first-order valence-electron chi connectivity index (χ1n) is 5.65. The highest BCUT2D eigenvalue weighted by molar-refractivity contribution is 9.11. The van der Waals surface area contributed by atoms with Crippen molar-refractivity contribution in [2.45, 2.75) is 19.6 Å². The van der Waals surface area contributed by atoms with Gasteiger partial charge in [-0.2, -0.15) is 0 Å². The molecule has 18 heavy (non-hydrogen) atoms. The zero-order valence-corrected chi connectivity index (χ0v) is 12.7. The molecule has 0 aromatic carbocycles. The smallest absolute Gasteiger partial charge is 0.134 e. The summed E-state index contributed by atoms with van der Waals surface area (Å²) in [6.07, 6.45) is 1.24. The van der Waals surface area contributed by atoms with Crippen LogP contribution in [0.25, 0.3) is 0 Å². The fourth-order valence-electron chi connectivity index (χ4n) is 1.83. The largest absolute Gasteiger partial charge is 0.389 e. The van der Waals surface area contributed by atoms with Crippen molar-refractivity contribution in [3.05, 3.63) is 44.7 Å². The topological polar surface area (TPSA) is 36.4 Å². The van der Waals surface area contributed by atoms with Gasteiger partial charge in [-0.1, -0.05) is 6.07 Å². The minimum atomic E-state index is -0.509. The lowest BCUT2D eigenvalue weighted by molar-refractivity contribution is 0.199. The highest BCUT2D eigenvalue weighted by atomic mass is 79.9. The van der Waals surface area contributed by atoms with Crippen LogP contribution < -0.4 is 4.90 Å². The lowest BCUT2D eigenvalue weighted by Crippen LogP contribution is -2.19. The van der Waals surface area contributed by atoms with E-state index in [1.807, 2.05) is 19.2 Å². The average molecular weight is 327 g/mol. The number of rotatable bonds is 4. The van der Waals surface area contributed by atoms with Gasteiger partial charge in [0.1, 0.15) is 5.82 Å². The number of aliphatic hydroxyl groups excluding tert-OH is 1. The highest BCUT2D eigenvalue weighted by Gasteiger charge is 2.13. The first-order chi connectivity index (χ1) is 8.58. The SMILES string of the molecule is CC(O)c1cccnc1N(C)Cc1csc(Br)c1. The Labute approximate surface area is 119 Å². The van der Waals surface area contributed by atoms with Crippen molar-refractivity contribution in [2.75, 3.05) is 11.9 Å². The van der Waals surface area contributed by atoms with Crippen LogP contribution in [0.15, 0.2) is 33.6 Å². The fraction of sp³-hybridized carbons (Fsp3) is 0.308. The van der Waals surface area contributed by atoms with Gasteiger partial charge in [0, 0.05) is 25.4 Å². The summed E-state index contributed by atoms with van der Waals surface area (Å²) >= 11 is 5.13. The first-order valence-corrected chi connectivity index (χ1v) is 7.32. The minimum Gasteiger partial charge on any atom is -0.389 e. The van der Waals surface area contributed by atoms with E-state index in [1.165, 1.54) is 5.56 Å². The van der Waals surface area contributed by atoms with Crippen LogP contribution >= 0.6 is 27.3 Å². The summed E-state index contributed by atoms with van der Waals surface area (Å²) in [4.78, 5) is 6.41. The zero-order chi connectivity index (χ0) is 13.1. The number of hydrogen-bond acceptors (Lipinski definition) is 4. The molecule has 1 atom stereocenters. The van der Waals surface area contributed by atoms with Gasteiger partial charge in [0.2, 0.25) is 0 Å². The Bertz CT molecular complexity index is 527. The van der Waals surface area contributed by atoms with E-state index in [2.05, 4.69) is 37.3 Å². The molecule has 1 unspecified atom stereocenters. The third-order valence-electron chi connectivity index (χ3n) is 2.67. The molecule has 0 radical (unpaired) electrons. The second-order valence-electron chi connectivity index (χ2n) is 4.21. The molecule has 1 N–H and O–H groups in total. The van der Waals surface area contributed by atoms with Gasteiger partial charge < -0.3 is 10.0 Å². The molecule has 0 aliphatic rings. The van der Waals surface area contributed by atoms with Crippen molar-refractivity contribution in [3.8, 4) is 0 Å². The average Bonchev–Trinajstić information content (AvgIpc) is 2.74. The van der Waals surface area contributed by atoms with Crippen LogP contribution in [0.1, 0.15) is 24.2 Å². The number of pyridine rings is 1. The number of thiophene rings is 1. The molecular formula is C13H15BrN2OS. The summed E-state index contributed by atoms with van der Waals surface area (Å²) in [5.74, 6) is 0.829. The van der Waals surface area contributed by atoms with Gasteiger partial charge in [0.15, 0.2) is 0 Å². The molecule has 0 saturated heterocycles. The number of anilines is 1. The lowest BCUT2D eigenvalue weighted by Gasteiger charge is -2.21. The molecule has 2 heterocycles. The van der Waals surface area contributed by atoms with Crippen molar-refractivity contribution in [1.82, 2.24) is 4.98 Å². The summed E-state index contributed by atoms with van der Waals surface area (Å²) < 4.78 is 1.13. The Morgan fingerprint density at radius 1 is 1.56 bits per heavy atom. The Morgan fingerprint density at radius 2 is 2.33 bits per heavy atom. The van der Waals surface area contributed by atoms with E-state index in [4.69, 9.17) is 0 Å². The van der Waals surface area contributed by atoms with Crippen LogP contribution in [0, 0.1) is 0 Å². The van der Waals surface area contributed by atoms with Gasteiger partial charge >= 0.3 is 0 Å². The number of aromatic nitrogens is 1. The van der Waals surface area contributed by atoms with Crippen LogP contribution in [0.5, 0.6) is 0 Å². The second-order valence-corrected chi connectivity index (χ2v) is 6.50. The van der Waals surface area contributed by atoms with Crippen LogP contribution in [-0.2, 0) is 6.54 Å². The Hall–Kier alpha value is -0.910. The van der Waals surface area contributed by atoms with Crippen molar-refractivity contribution in [1.29, 1.82) is 0 Å². The van der Waals surface area contributed by atoms with Crippen LogP contribution in [0.4, 0.5) is 5.82 Å². The summed E-state index contributed by atoms with van der Waals surface area (Å²) in [6.45, 7) is 2.54. The van der Waals surface area contributed by atoms with Gasteiger partial charge in [-0.15, -0.1) is 11.3 Å². The van der Waals surface area contributed by atoms with Crippen molar-refractivity contribution in [2.24, 2.45) is 0 Å². The molecule has 0 aliphatic carbocycles. The van der Waals surface area contributed by atoms with E-state index in [-0.39, 0.29) is 0 Å². The second kappa shape index (κ2) is 5.82. The fourth-order valence-corrected chi connectivity index (χ4v) is 3.03. The molecule has 0 aliphatic heterocycles. The van der Waals surface area contributed by atoms with E-state index >= 15 is 0 Å². The number of aliphatic hydroxyl groups is 1. The molecule has 2 aromatic heterocycles. The molecule has 0 saturated carbocycles. The molecular weight excluding hydrogens is 312 g/mol. The standard InChI is InChI=1S/C13H15BrN2OS/c1-9(17)11-4-3-5-15-13(11)16(2)7-10-6-12(14)18-8-10/h3-6,8-9,17H,7H2,1-2H3. The first kappa shape index (κ1) is 13.5. The maximum Gasteiger partial charge on any atom is 0.134 e. The van der Waals surface area contributed by atoms with E-state index in [0.29, 0.717) is 0 Å². The molecule has 96 valence electrons. The summed E-state index contributed by atoms with van der Waals surface area (Å²) in [7, 11) is 1.99. The highest BCUT2D eigenvalue weighted by Crippen LogP contribution is 2.26. The van der Waals surface area contributed by atoms with E-state index in [1.54, 1.807) is 24.5 Å². The predicted molar refractivity (Wildman–Crippen MR) is 79.0 cm³/mol. The normalized spacial score (nSPS) is 12.4. The molecule has 2 aromatic rings. The molecule has 5 heteroatoms. The zero-order valence-electron chi connectivity index (χ0n) is 10.3. The number of hydrogen-bond donors (Lipinski definition) is 1. The number of nitrogens with zero attached hydrogens (tertiary/aromatic N) is 2. The van der Waals surface area contributed by atoms with Gasteiger partial charge in [0.05, 0.1) is 9.89 Å². The molecule has 0 spiro atoms. The molecule has 0 amide bonds. The minimum absolute atomic E-state index is 0.509. The van der Waals surface area contributed by atoms with Crippen molar-refractivity contribution in [3.63, 3.8) is 0 Å². The van der Waals surface area contributed by atoms with Crippen molar-refractivity contribution < 1.29 is 5.11 Å². The molecule has 0 fully saturated rings. The quantitative estimate of drug-likeness (QED) is 0.932. The Kier molecular flexibility index (Phi) is 4.37. The van der Waals surface area contributed by atoms with Gasteiger partial charge in [0.25, 0.3) is 0 Å². The van der Waals surface area contributed by atoms with Crippen LogP contribution in [0.2, 0.25) is 0 Å². The molecule has 3 nitrogen and oxygen atoms in total. The third-order valence-corrected chi connectivity index (χ3v) is 4.22. The number of halogens is 1. The van der Waals surface area contributed by atoms with Crippen LogP contribution in [0.3, 0.4) is 0 Å². The third kappa shape index (κ3) is 3.10. The van der Waals surface area contributed by atoms with Gasteiger partial charge in [-0.05, 0) is 45.9 Å². The summed E-state index contributed by atoms with van der Waals surface area (Å²) in [6, 6.07) is 5.86. The van der Waals surface area contributed by atoms with Gasteiger partial charge in [-0.25, -0.2) is 4.98 Å². The Balaban J connectivity index is 2.20. The molecule has 0 bridgehead atoms. The summed E-state index contributed by atoms with van der Waals surface area (Å²) in [5.41, 5.74) is 2.09. The Morgan fingerprint density at radius 3 is 2.94 bits per heavy atom. The van der Waals surface area contributed by atoms with Gasteiger partial charge in [-0.3, -0.25) is 0 Å². The van der Waals surface area contributed by atoms with E-state index < -0.39 is 6.10 Å². The van der Waals surface area contributed by atoms with E-state index in [0.717, 1.165) is 21.7 Å². The lowest BCUT2D eigenvalue weighted by atomic mass is 10.1. The van der Waals surface area contributed by atoms with Crippen molar-refractivity contribution >= 4 is 33.1 Å². The maximum atomic E-state index is 9.75. The predicted octanol–water partition coefficient (Wildman–Crippen LogP) is 3.60. The van der Waals surface area contributed by atoms with Crippen LogP contribution in [-0.4, -0.2) is 17.1 Å². The van der Waals surface area contributed by atoms with E-state index in [9.17, 15) is 5.11 Å². The monoisotopic (exact) mass is 326 g/mol. The maximum absolute atomic E-state index is 9.75. The molecule has 2 rings (SSSR count).